The van der Waals surface area contributed by atoms with Crippen molar-refractivity contribution < 1.29 is 8.42 Å². The van der Waals surface area contributed by atoms with Crippen LogP contribution in [0.5, 0.6) is 0 Å². The fourth-order valence-electron chi connectivity index (χ4n) is 5.03. The molecule has 1 atom stereocenters. The molecule has 0 spiro atoms. The Morgan fingerprint density at radius 3 is 2.03 bits per heavy atom. The van der Waals surface area contributed by atoms with Crippen molar-refractivity contribution in [2.24, 2.45) is 4.99 Å². The van der Waals surface area contributed by atoms with Crippen molar-refractivity contribution in [2.75, 3.05) is 6.54 Å². The molecule has 0 radical (unpaired) electrons. The summed E-state index contributed by atoms with van der Waals surface area (Å²) in [4.78, 5) is 4.50. The van der Waals surface area contributed by atoms with Crippen LogP contribution in [0.2, 0.25) is 0 Å². The van der Waals surface area contributed by atoms with Gasteiger partial charge in [-0.25, -0.2) is 12.7 Å². The number of benzene rings is 3. The summed E-state index contributed by atoms with van der Waals surface area (Å²) in [5.74, 6) is 0. The summed E-state index contributed by atoms with van der Waals surface area (Å²) in [5, 5.41) is 0. The minimum absolute atomic E-state index is 0.313. The zero-order chi connectivity index (χ0) is 25.3. The van der Waals surface area contributed by atoms with E-state index in [9.17, 15) is 8.42 Å². The van der Waals surface area contributed by atoms with Crippen LogP contribution < -0.4 is 0 Å². The van der Waals surface area contributed by atoms with E-state index in [1.165, 1.54) is 10.6 Å². The Hall–Kier alpha value is -3.70. The molecule has 0 N–H and O–H groups in total. The molecule has 5 heteroatoms. The molecule has 1 unspecified atom stereocenters. The third kappa shape index (κ3) is 4.24. The van der Waals surface area contributed by atoms with Gasteiger partial charge in [0, 0.05) is 17.2 Å². The van der Waals surface area contributed by atoms with Crippen LogP contribution in [0.4, 0.5) is 0 Å². The van der Waals surface area contributed by atoms with Crippen molar-refractivity contribution in [3.63, 3.8) is 0 Å². The molecule has 3 aromatic rings. The molecular formula is C31H30N2O2S. The molecule has 0 fully saturated rings. The summed E-state index contributed by atoms with van der Waals surface area (Å²) in [6.45, 7) is 6.80. The van der Waals surface area contributed by atoms with Crippen LogP contribution in [0.1, 0.15) is 41.2 Å². The minimum Gasteiger partial charge on any atom is -0.270 e. The van der Waals surface area contributed by atoms with Gasteiger partial charge in [0.25, 0.3) is 10.0 Å². The van der Waals surface area contributed by atoms with Gasteiger partial charge in [-0.3, -0.25) is 4.99 Å². The predicted molar refractivity (Wildman–Crippen MR) is 149 cm³/mol. The van der Waals surface area contributed by atoms with Gasteiger partial charge in [-0.2, -0.15) is 0 Å². The highest BCUT2D eigenvalue weighted by atomic mass is 32.2. The van der Waals surface area contributed by atoms with E-state index in [0.717, 1.165) is 39.0 Å². The van der Waals surface area contributed by atoms with Crippen molar-refractivity contribution in [3.8, 4) is 0 Å². The first-order valence-corrected chi connectivity index (χ1v) is 13.6. The number of sulfonamides is 1. The summed E-state index contributed by atoms with van der Waals surface area (Å²) in [6, 6.07) is 26.9. The molecule has 0 saturated carbocycles. The van der Waals surface area contributed by atoms with Crippen molar-refractivity contribution in [1.29, 1.82) is 0 Å². The van der Waals surface area contributed by atoms with E-state index >= 15 is 0 Å². The summed E-state index contributed by atoms with van der Waals surface area (Å²) < 4.78 is 29.3. The van der Waals surface area contributed by atoms with E-state index in [1.54, 1.807) is 12.3 Å². The Morgan fingerprint density at radius 1 is 0.833 bits per heavy atom. The largest absolute Gasteiger partial charge is 0.270 e. The average molecular weight is 495 g/mol. The predicted octanol–water partition coefficient (Wildman–Crippen LogP) is 6.65. The Morgan fingerprint density at radius 2 is 1.44 bits per heavy atom. The van der Waals surface area contributed by atoms with Crippen LogP contribution in [-0.4, -0.2) is 25.6 Å². The molecule has 1 aliphatic heterocycles. The zero-order valence-electron chi connectivity index (χ0n) is 20.8. The van der Waals surface area contributed by atoms with Crippen LogP contribution in [0, 0.1) is 13.8 Å². The fraction of sp³-hybridized carbons (Fsp3) is 0.194. The number of aliphatic imine (C=N–C) groups is 1. The Balaban J connectivity index is 1.85. The van der Waals surface area contributed by atoms with E-state index in [4.69, 9.17) is 0 Å². The number of aryl methyl sites for hydroxylation is 2. The molecule has 5 rings (SSSR count). The second-order valence-electron chi connectivity index (χ2n) is 9.65. The molecule has 2 aliphatic rings. The maximum atomic E-state index is 14.1. The number of nitrogens with zero attached hydrogens (tertiary/aromatic N) is 2. The molecule has 0 aromatic heterocycles. The molecule has 4 nitrogen and oxygen atoms in total. The lowest BCUT2D eigenvalue weighted by Gasteiger charge is -2.39. The van der Waals surface area contributed by atoms with E-state index in [-0.39, 0.29) is 0 Å². The van der Waals surface area contributed by atoms with Crippen LogP contribution in [0.25, 0.3) is 11.1 Å². The Labute approximate surface area is 214 Å². The van der Waals surface area contributed by atoms with Gasteiger partial charge in [-0.15, -0.1) is 0 Å². The monoisotopic (exact) mass is 494 g/mol. The first-order chi connectivity index (χ1) is 17.3. The summed E-state index contributed by atoms with van der Waals surface area (Å²) in [6.07, 6.45) is 7.20. The zero-order valence-corrected chi connectivity index (χ0v) is 21.7. The Bertz CT molecular complexity index is 1490. The molecule has 3 aromatic carbocycles. The first kappa shape index (κ1) is 24.0. The molecule has 0 bridgehead atoms. The van der Waals surface area contributed by atoms with Gasteiger partial charge >= 0.3 is 0 Å². The quantitative estimate of drug-likeness (QED) is 0.399. The van der Waals surface area contributed by atoms with Gasteiger partial charge in [0.05, 0.1) is 11.4 Å². The second-order valence-corrected chi connectivity index (χ2v) is 11.5. The van der Waals surface area contributed by atoms with E-state index in [2.05, 4.69) is 55.2 Å². The molecule has 1 heterocycles. The molecule has 0 saturated heterocycles. The van der Waals surface area contributed by atoms with Gasteiger partial charge < -0.3 is 0 Å². The maximum Gasteiger partial charge on any atom is 0.269 e. The van der Waals surface area contributed by atoms with Crippen molar-refractivity contribution >= 4 is 27.5 Å². The van der Waals surface area contributed by atoms with Crippen molar-refractivity contribution in [1.82, 2.24) is 4.31 Å². The van der Waals surface area contributed by atoms with Crippen LogP contribution >= 0.6 is 0 Å². The first-order valence-electron chi connectivity index (χ1n) is 12.2. The van der Waals surface area contributed by atoms with Gasteiger partial charge in [-0.05, 0) is 48.6 Å². The number of rotatable bonds is 5. The molecular weight excluding hydrogens is 464 g/mol. The van der Waals surface area contributed by atoms with Crippen LogP contribution in [0.15, 0.2) is 107 Å². The van der Waals surface area contributed by atoms with Gasteiger partial charge in [0.2, 0.25) is 0 Å². The minimum atomic E-state index is -3.87. The average Bonchev–Trinajstić information content (AvgIpc) is 2.90. The highest BCUT2D eigenvalue weighted by molar-refractivity contribution is 7.94. The van der Waals surface area contributed by atoms with E-state index in [1.807, 2.05) is 55.5 Å². The number of allylic oxidation sites excluding steroid dienone is 3. The maximum absolute atomic E-state index is 14.1. The lowest BCUT2D eigenvalue weighted by atomic mass is 9.66. The highest BCUT2D eigenvalue weighted by Crippen LogP contribution is 2.52. The van der Waals surface area contributed by atoms with Crippen LogP contribution in [0.3, 0.4) is 0 Å². The lowest BCUT2D eigenvalue weighted by Crippen LogP contribution is -2.33. The standard InChI is InChI=1S/C31H30N2O2S/c1-23-10-14-25(15-11-23)29-28(36(34,35)33-21-7-20-32-22-33)18-19-31(3,27-8-5-4-6-9-27)30(29)26-16-12-24(2)13-17-26/h4-18,21-22H,19-20H2,1-3H3. The van der Waals surface area contributed by atoms with Crippen molar-refractivity contribution in [3.05, 3.63) is 130 Å². The van der Waals surface area contributed by atoms with E-state index < -0.39 is 15.4 Å². The lowest BCUT2D eigenvalue weighted by molar-refractivity contribution is 0.569. The third-order valence-electron chi connectivity index (χ3n) is 7.05. The SMILES string of the molecule is Cc1ccc(C2=C(c3ccc(C)cc3)C(C)(c3ccccc3)CC=C2S(=O)(=O)N2C=CCN=C2)cc1. The van der Waals surface area contributed by atoms with Gasteiger partial charge in [0.1, 0.15) is 6.34 Å². The highest BCUT2D eigenvalue weighted by Gasteiger charge is 2.41. The summed E-state index contributed by atoms with van der Waals surface area (Å²) >= 11 is 0. The normalized spacial score (nSPS) is 20.0. The van der Waals surface area contributed by atoms with Crippen molar-refractivity contribution in [2.45, 2.75) is 32.6 Å². The number of hydrogen-bond acceptors (Lipinski definition) is 3. The smallest absolute Gasteiger partial charge is 0.269 e. The second kappa shape index (κ2) is 9.40. The Kier molecular flexibility index (Phi) is 6.27. The summed E-state index contributed by atoms with van der Waals surface area (Å²) in [7, 11) is -3.87. The van der Waals surface area contributed by atoms with E-state index in [0.29, 0.717) is 17.9 Å². The molecule has 36 heavy (non-hydrogen) atoms. The molecule has 182 valence electrons. The topological polar surface area (TPSA) is 49.7 Å². The fourth-order valence-corrected chi connectivity index (χ4v) is 6.46. The molecule has 1 aliphatic carbocycles. The number of hydrogen-bond donors (Lipinski definition) is 0. The summed E-state index contributed by atoms with van der Waals surface area (Å²) in [5.41, 5.74) is 6.65. The molecule has 0 amide bonds. The van der Waals surface area contributed by atoms with Gasteiger partial charge in [-0.1, -0.05) is 103 Å². The third-order valence-corrected chi connectivity index (χ3v) is 8.75. The van der Waals surface area contributed by atoms with Gasteiger partial charge in [0.15, 0.2) is 0 Å². The van der Waals surface area contributed by atoms with Crippen LogP contribution in [-0.2, 0) is 15.4 Å².